The van der Waals surface area contributed by atoms with Gasteiger partial charge < -0.3 is 4.90 Å². The first-order valence-corrected chi connectivity index (χ1v) is 9.06. The topological polar surface area (TPSA) is 20.3 Å². The molecule has 1 aliphatic heterocycles. The summed E-state index contributed by atoms with van der Waals surface area (Å²) in [5.41, 5.74) is 2.31. The SMILES string of the molecule is C[Si](C)(C)CN1C(=O)Cc2ccccc21. The summed E-state index contributed by atoms with van der Waals surface area (Å²) in [6.07, 6.45) is 1.52. The van der Waals surface area contributed by atoms with E-state index in [1.165, 1.54) is 5.56 Å². The average molecular weight is 219 g/mol. The third-order valence-electron chi connectivity index (χ3n) is 2.56. The van der Waals surface area contributed by atoms with Crippen LogP contribution in [0.3, 0.4) is 0 Å². The van der Waals surface area contributed by atoms with Gasteiger partial charge in [-0.15, -0.1) is 0 Å². The Balaban J connectivity index is 2.30. The van der Waals surface area contributed by atoms with E-state index in [0.717, 1.165) is 11.9 Å². The van der Waals surface area contributed by atoms with Crippen molar-refractivity contribution >= 4 is 19.7 Å². The van der Waals surface area contributed by atoms with Gasteiger partial charge in [0.1, 0.15) is 0 Å². The van der Waals surface area contributed by atoms with Crippen LogP contribution in [-0.4, -0.2) is 20.1 Å². The van der Waals surface area contributed by atoms with E-state index < -0.39 is 8.07 Å². The van der Waals surface area contributed by atoms with Crippen LogP contribution in [0, 0.1) is 0 Å². The molecule has 1 amide bonds. The molecule has 0 spiro atoms. The molecule has 80 valence electrons. The Bertz CT molecular complexity index is 395. The molecule has 0 bridgehead atoms. The lowest BCUT2D eigenvalue weighted by atomic mass is 10.2. The summed E-state index contributed by atoms with van der Waals surface area (Å²) in [5, 5.41) is 0. The van der Waals surface area contributed by atoms with Crippen LogP contribution in [0.15, 0.2) is 24.3 Å². The number of benzene rings is 1. The number of anilines is 1. The summed E-state index contributed by atoms with van der Waals surface area (Å²) in [5.74, 6) is 0.263. The van der Waals surface area contributed by atoms with E-state index in [0.29, 0.717) is 6.42 Å². The third kappa shape index (κ3) is 2.12. The predicted octanol–water partition coefficient (Wildman–Crippen LogP) is 2.45. The fourth-order valence-electron chi connectivity index (χ4n) is 1.96. The molecule has 0 saturated carbocycles. The Morgan fingerprint density at radius 1 is 1.27 bits per heavy atom. The molecule has 1 aliphatic rings. The summed E-state index contributed by atoms with van der Waals surface area (Å²) in [7, 11) is -1.23. The van der Waals surface area contributed by atoms with E-state index in [1.54, 1.807) is 0 Å². The number of carbonyl (C=O) groups excluding carboxylic acids is 1. The van der Waals surface area contributed by atoms with Gasteiger partial charge in [0, 0.05) is 11.9 Å². The molecule has 0 saturated heterocycles. The summed E-state index contributed by atoms with van der Waals surface area (Å²) >= 11 is 0. The van der Waals surface area contributed by atoms with Crippen molar-refractivity contribution in [1.29, 1.82) is 0 Å². The zero-order chi connectivity index (χ0) is 11.1. The third-order valence-corrected chi connectivity index (χ3v) is 3.82. The molecule has 2 rings (SSSR count). The monoisotopic (exact) mass is 219 g/mol. The quantitative estimate of drug-likeness (QED) is 0.700. The van der Waals surface area contributed by atoms with Gasteiger partial charge in [-0.25, -0.2) is 0 Å². The van der Waals surface area contributed by atoms with Gasteiger partial charge in [-0.1, -0.05) is 37.8 Å². The number of para-hydroxylation sites is 1. The van der Waals surface area contributed by atoms with Gasteiger partial charge in [0.25, 0.3) is 0 Å². The van der Waals surface area contributed by atoms with Gasteiger partial charge in [-0.05, 0) is 11.6 Å². The summed E-state index contributed by atoms with van der Waals surface area (Å²) in [4.78, 5) is 13.8. The second-order valence-electron chi connectivity index (χ2n) is 5.35. The predicted molar refractivity (Wildman–Crippen MR) is 65.8 cm³/mol. The minimum atomic E-state index is -1.23. The van der Waals surface area contributed by atoms with Crippen molar-refractivity contribution < 1.29 is 4.79 Å². The molecule has 0 fully saturated rings. The number of carbonyl (C=O) groups is 1. The smallest absolute Gasteiger partial charge is 0.231 e. The molecule has 15 heavy (non-hydrogen) atoms. The normalized spacial score (nSPS) is 15.7. The molecule has 0 aromatic heterocycles. The van der Waals surface area contributed by atoms with Crippen LogP contribution in [0.2, 0.25) is 19.6 Å². The molecule has 0 radical (unpaired) electrons. The van der Waals surface area contributed by atoms with Gasteiger partial charge in [-0.2, -0.15) is 0 Å². The van der Waals surface area contributed by atoms with Crippen LogP contribution < -0.4 is 4.90 Å². The average Bonchev–Trinajstić information content (AvgIpc) is 2.41. The van der Waals surface area contributed by atoms with Gasteiger partial charge in [-0.3, -0.25) is 4.79 Å². The minimum Gasteiger partial charge on any atom is -0.315 e. The summed E-state index contributed by atoms with van der Waals surface area (Å²) in [6.45, 7) is 6.88. The summed E-state index contributed by atoms with van der Waals surface area (Å²) in [6, 6.07) is 8.12. The van der Waals surface area contributed by atoms with Crippen LogP contribution in [0.5, 0.6) is 0 Å². The van der Waals surface area contributed by atoms with Crippen LogP contribution in [0.4, 0.5) is 5.69 Å². The van der Waals surface area contributed by atoms with Gasteiger partial charge >= 0.3 is 0 Å². The molecule has 1 aromatic rings. The van der Waals surface area contributed by atoms with Crippen LogP contribution in [0.1, 0.15) is 5.56 Å². The number of amides is 1. The molecule has 1 aromatic carbocycles. The summed E-state index contributed by atoms with van der Waals surface area (Å²) < 4.78 is 0. The molecule has 0 N–H and O–H groups in total. The number of hydrogen-bond acceptors (Lipinski definition) is 1. The second kappa shape index (κ2) is 3.49. The molecular formula is C12H17NOSi. The van der Waals surface area contributed by atoms with Crippen molar-refractivity contribution in [2.75, 3.05) is 11.1 Å². The van der Waals surface area contributed by atoms with Crippen LogP contribution in [-0.2, 0) is 11.2 Å². The lowest BCUT2D eigenvalue weighted by Gasteiger charge is -2.25. The molecule has 2 nitrogen and oxygen atoms in total. The van der Waals surface area contributed by atoms with E-state index in [9.17, 15) is 4.79 Å². The Morgan fingerprint density at radius 3 is 2.60 bits per heavy atom. The van der Waals surface area contributed by atoms with Gasteiger partial charge in [0.2, 0.25) is 5.91 Å². The molecule has 0 unspecified atom stereocenters. The first kappa shape index (κ1) is 10.4. The maximum Gasteiger partial charge on any atom is 0.231 e. The number of nitrogens with zero attached hydrogens (tertiary/aromatic N) is 1. The molecular weight excluding hydrogens is 202 g/mol. The minimum absolute atomic E-state index is 0.263. The van der Waals surface area contributed by atoms with E-state index in [2.05, 4.69) is 31.8 Å². The Hall–Kier alpha value is -1.09. The first-order valence-electron chi connectivity index (χ1n) is 5.36. The zero-order valence-corrected chi connectivity index (χ0v) is 10.6. The largest absolute Gasteiger partial charge is 0.315 e. The zero-order valence-electron chi connectivity index (χ0n) is 9.58. The maximum absolute atomic E-state index is 11.9. The van der Waals surface area contributed by atoms with Crippen molar-refractivity contribution in [3.63, 3.8) is 0 Å². The van der Waals surface area contributed by atoms with Crippen LogP contribution in [0.25, 0.3) is 0 Å². The maximum atomic E-state index is 11.9. The molecule has 0 atom stereocenters. The fourth-order valence-corrected chi connectivity index (χ4v) is 3.26. The molecule has 0 aliphatic carbocycles. The van der Waals surface area contributed by atoms with E-state index in [1.807, 2.05) is 17.0 Å². The Kier molecular flexibility index (Phi) is 2.42. The number of hydrogen-bond donors (Lipinski definition) is 0. The van der Waals surface area contributed by atoms with E-state index in [4.69, 9.17) is 0 Å². The second-order valence-corrected chi connectivity index (χ2v) is 10.8. The van der Waals surface area contributed by atoms with Crippen molar-refractivity contribution in [3.8, 4) is 0 Å². The molecule has 3 heteroatoms. The van der Waals surface area contributed by atoms with E-state index >= 15 is 0 Å². The highest BCUT2D eigenvalue weighted by atomic mass is 28.3. The highest BCUT2D eigenvalue weighted by molar-refractivity contribution is 6.77. The first-order chi connectivity index (χ1) is 6.97. The lowest BCUT2D eigenvalue weighted by molar-refractivity contribution is -0.117. The van der Waals surface area contributed by atoms with Crippen molar-refractivity contribution in [3.05, 3.63) is 29.8 Å². The van der Waals surface area contributed by atoms with Crippen LogP contribution >= 0.6 is 0 Å². The number of rotatable bonds is 2. The molecule has 1 heterocycles. The number of fused-ring (bicyclic) bond motifs is 1. The standard InChI is InChI=1S/C12H17NOSi/c1-15(2,3)9-13-11-7-5-4-6-10(11)8-12(13)14/h4-7H,8-9H2,1-3H3. The highest BCUT2D eigenvalue weighted by Gasteiger charge is 2.30. The van der Waals surface area contributed by atoms with Crippen molar-refractivity contribution in [2.45, 2.75) is 26.1 Å². The fraction of sp³-hybridized carbons (Fsp3) is 0.417. The Morgan fingerprint density at radius 2 is 1.93 bits per heavy atom. The van der Waals surface area contributed by atoms with Gasteiger partial charge in [0.05, 0.1) is 14.5 Å². The van der Waals surface area contributed by atoms with Crippen molar-refractivity contribution in [1.82, 2.24) is 0 Å². The highest BCUT2D eigenvalue weighted by Crippen LogP contribution is 2.29. The lowest BCUT2D eigenvalue weighted by Crippen LogP contribution is -2.41. The Labute approximate surface area is 91.9 Å². The van der Waals surface area contributed by atoms with E-state index in [-0.39, 0.29) is 5.91 Å². The van der Waals surface area contributed by atoms with Gasteiger partial charge in [0.15, 0.2) is 0 Å². The van der Waals surface area contributed by atoms with Crippen molar-refractivity contribution in [2.24, 2.45) is 0 Å².